The van der Waals surface area contributed by atoms with Crippen molar-refractivity contribution in [2.24, 2.45) is 17.3 Å². The molecule has 4 aliphatic rings. The van der Waals surface area contributed by atoms with Gasteiger partial charge in [0.15, 0.2) is 5.41 Å². The second kappa shape index (κ2) is 3.14. The summed E-state index contributed by atoms with van der Waals surface area (Å²) in [4.78, 5) is 25.0. The van der Waals surface area contributed by atoms with Crippen LogP contribution < -0.4 is 0 Å². The van der Waals surface area contributed by atoms with Crippen molar-refractivity contribution in [3.8, 4) is 0 Å². The summed E-state index contributed by atoms with van der Waals surface area (Å²) in [5, 5.41) is 0. The first-order valence-corrected chi connectivity index (χ1v) is 7.18. The molecule has 1 aromatic carbocycles. The van der Waals surface area contributed by atoms with Gasteiger partial charge in [0.1, 0.15) is 0 Å². The molecule has 3 fully saturated rings. The Morgan fingerprint density at radius 2 is 1.38 bits per heavy atom. The van der Waals surface area contributed by atoms with E-state index in [9.17, 15) is 9.59 Å². The molecule has 0 N–H and O–H groups in total. The monoisotopic (exact) mass is 286 g/mol. The van der Waals surface area contributed by atoms with Gasteiger partial charge in [-0.1, -0.05) is 24.3 Å². The Labute approximate surface area is 121 Å². The summed E-state index contributed by atoms with van der Waals surface area (Å²) in [7, 11) is 0. The van der Waals surface area contributed by atoms with Gasteiger partial charge in [-0.25, -0.2) is 0 Å². The number of hydrogen-bond donors (Lipinski definition) is 0. The van der Waals surface area contributed by atoms with Gasteiger partial charge in [-0.3, -0.25) is 9.59 Å². The van der Waals surface area contributed by atoms with Gasteiger partial charge in [0.2, 0.25) is 0 Å². The molecule has 5 rings (SSSR count). The molecule has 108 valence electrons. The lowest BCUT2D eigenvalue weighted by Gasteiger charge is -2.35. The van der Waals surface area contributed by atoms with E-state index in [1.807, 2.05) is 24.3 Å². The van der Waals surface area contributed by atoms with Gasteiger partial charge in [-0.15, -0.1) is 0 Å². The lowest BCUT2D eigenvalue weighted by molar-refractivity contribution is -0.247. The zero-order valence-electron chi connectivity index (χ0n) is 11.7. The zero-order chi connectivity index (χ0) is 14.6. The molecule has 2 bridgehead atoms. The van der Waals surface area contributed by atoms with Crippen LogP contribution in [0.4, 0.5) is 0 Å². The largest absolute Gasteiger partial charge is 0.422 e. The number of ether oxygens (including phenoxy) is 3. The van der Waals surface area contributed by atoms with Gasteiger partial charge in [0.05, 0.1) is 12.2 Å². The molecule has 2 saturated heterocycles. The molecular weight excluding hydrogens is 272 g/mol. The standard InChI is InChI=1S/C16H14O5/c1-15(2)20-13(17)16(14(18)21-15)9-10(16)12-8-6-4-3-5-7(8)11(9)19-12/h3-6,9-12H,1-2H3/t9-,10+,11+,12-. The van der Waals surface area contributed by atoms with E-state index >= 15 is 0 Å². The van der Waals surface area contributed by atoms with E-state index in [1.165, 1.54) is 0 Å². The Hall–Kier alpha value is -1.88. The van der Waals surface area contributed by atoms with Crippen molar-refractivity contribution in [3.63, 3.8) is 0 Å². The number of benzene rings is 1. The molecule has 0 radical (unpaired) electrons. The van der Waals surface area contributed by atoms with Crippen LogP contribution in [-0.4, -0.2) is 17.7 Å². The first-order valence-electron chi connectivity index (χ1n) is 7.18. The topological polar surface area (TPSA) is 61.8 Å². The maximum atomic E-state index is 12.5. The maximum absolute atomic E-state index is 12.5. The van der Waals surface area contributed by atoms with Crippen LogP contribution in [0, 0.1) is 17.3 Å². The van der Waals surface area contributed by atoms with Crippen LogP contribution in [0.1, 0.15) is 37.2 Å². The average molecular weight is 286 g/mol. The van der Waals surface area contributed by atoms with Gasteiger partial charge in [-0.2, -0.15) is 0 Å². The van der Waals surface area contributed by atoms with Crippen LogP contribution in [-0.2, 0) is 23.8 Å². The quantitative estimate of drug-likeness (QED) is 0.538. The van der Waals surface area contributed by atoms with Crippen molar-refractivity contribution in [3.05, 3.63) is 35.4 Å². The third-order valence-corrected chi connectivity index (χ3v) is 5.24. The maximum Gasteiger partial charge on any atom is 0.327 e. The molecule has 3 heterocycles. The highest BCUT2D eigenvalue weighted by atomic mass is 16.7. The van der Waals surface area contributed by atoms with Crippen LogP contribution >= 0.6 is 0 Å². The highest BCUT2D eigenvalue weighted by Crippen LogP contribution is 2.80. The molecule has 1 aromatic rings. The van der Waals surface area contributed by atoms with Gasteiger partial charge in [0.25, 0.3) is 5.79 Å². The SMILES string of the molecule is CC1(C)OC(=O)C2(C(=O)O1)[C@@H]1[C@H]2[C@@H]2O[C@H]1c1ccccc12. The van der Waals surface area contributed by atoms with Crippen LogP contribution in [0.25, 0.3) is 0 Å². The fourth-order valence-electron chi connectivity index (χ4n) is 4.45. The molecule has 0 amide bonds. The molecule has 1 aliphatic carbocycles. The summed E-state index contributed by atoms with van der Waals surface area (Å²) in [6.07, 6.45) is -0.393. The molecule has 4 atom stereocenters. The fraction of sp³-hybridized carbons (Fsp3) is 0.500. The van der Waals surface area contributed by atoms with Gasteiger partial charge in [-0.05, 0) is 11.1 Å². The third-order valence-electron chi connectivity index (χ3n) is 5.24. The normalized spacial score (nSPS) is 39.5. The second-order valence-corrected chi connectivity index (χ2v) is 6.71. The lowest BCUT2D eigenvalue weighted by atomic mass is 9.92. The molecule has 1 spiro atoms. The minimum absolute atomic E-state index is 0.145. The van der Waals surface area contributed by atoms with Crippen molar-refractivity contribution in [2.75, 3.05) is 0 Å². The zero-order valence-corrected chi connectivity index (χ0v) is 11.7. The van der Waals surface area contributed by atoms with Crippen molar-refractivity contribution >= 4 is 11.9 Å². The summed E-state index contributed by atoms with van der Waals surface area (Å²) in [5.74, 6) is -2.38. The Bertz CT molecular complexity index is 649. The third kappa shape index (κ3) is 1.11. The second-order valence-electron chi connectivity index (χ2n) is 6.71. The van der Waals surface area contributed by atoms with Crippen LogP contribution in [0.15, 0.2) is 24.3 Å². The summed E-state index contributed by atoms with van der Waals surface area (Å²) >= 11 is 0. The summed E-state index contributed by atoms with van der Waals surface area (Å²) in [6.45, 7) is 3.15. The van der Waals surface area contributed by atoms with Crippen molar-refractivity contribution < 1.29 is 23.8 Å². The number of cyclic esters (lactones) is 2. The minimum atomic E-state index is -1.18. The van der Waals surface area contributed by atoms with Crippen molar-refractivity contribution in [1.82, 2.24) is 0 Å². The van der Waals surface area contributed by atoms with Gasteiger partial charge in [0, 0.05) is 25.7 Å². The number of carbonyl (C=O) groups excluding carboxylic acids is 2. The number of hydrogen-bond acceptors (Lipinski definition) is 5. The number of carbonyl (C=O) groups is 2. The molecule has 0 unspecified atom stereocenters. The predicted octanol–water partition coefficient (Wildman–Crippen LogP) is 1.88. The van der Waals surface area contributed by atoms with E-state index in [2.05, 4.69) is 0 Å². The molecule has 3 aliphatic heterocycles. The van der Waals surface area contributed by atoms with E-state index < -0.39 is 23.1 Å². The van der Waals surface area contributed by atoms with Crippen molar-refractivity contribution in [1.29, 1.82) is 0 Å². The smallest absolute Gasteiger partial charge is 0.327 e. The number of fused-ring (bicyclic) bond motifs is 10. The van der Waals surface area contributed by atoms with E-state index in [0.29, 0.717) is 0 Å². The Morgan fingerprint density at radius 3 is 1.86 bits per heavy atom. The van der Waals surface area contributed by atoms with Crippen LogP contribution in [0.2, 0.25) is 0 Å². The molecule has 1 saturated carbocycles. The van der Waals surface area contributed by atoms with Gasteiger partial charge >= 0.3 is 11.9 Å². The van der Waals surface area contributed by atoms with Crippen LogP contribution in [0.5, 0.6) is 0 Å². The highest BCUT2D eigenvalue weighted by Gasteiger charge is 2.87. The molecule has 5 heteroatoms. The first kappa shape index (κ1) is 11.7. The molecule has 0 aromatic heterocycles. The van der Waals surface area contributed by atoms with E-state index in [1.54, 1.807) is 13.8 Å². The highest BCUT2D eigenvalue weighted by molar-refractivity contribution is 6.07. The fourth-order valence-corrected chi connectivity index (χ4v) is 4.45. The number of rotatable bonds is 0. The van der Waals surface area contributed by atoms with E-state index in [4.69, 9.17) is 14.2 Å². The Balaban J connectivity index is 1.60. The first-order chi connectivity index (χ1) is 9.97. The predicted molar refractivity (Wildman–Crippen MR) is 68.7 cm³/mol. The minimum Gasteiger partial charge on any atom is -0.422 e. The molecule has 5 nitrogen and oxygen atoms in total. The average Bonchev–Trinajstić information content (AvgIpc) is 2.78. The van der Waals surface area contributed by atoms with Crippen molar-refractivity contribution in [2.45, 2.75) is 31.8 Å². The van der Waals surface area contributed by atoms with Crippen LogP contribution in [0.3, 0.4) is 0 Å². The lowest BCUT2D eigenvalue weighted by Crippen LogP contribution is -2.50. The summed E-state index contributed by atoms with van der Waals surface area (Å²) in [6, 6.07) is 7.92. The molecule has 21 heavy (non-hydrogen) atoms. The van der Waals surface area contributed by atoms with Gasteiger partial charge < -0.3 is 14.2 Å². The Morgan fingerprint density at radius 1 is 0.905 bits per heavy atom. The summed E-state index contributed by atoms with van der Waals surface area (Å²) < 4.78 is 16.7. The van der Waals surface area contributed by atoms with E-state index in [-0.39, 0.29) is 24.0 Å². The Kier molecular flexibility index (Phi) is 1.76. The number of esters is 2. The van der Waals surface area contributed by atoms with E-state index in [0.717, 1.165) is 11.1 Å². The summed E-state index contributed by atoms with van der Waals surface area (Å²) in [5.41, 5.74) is 1.03. The molecular formula is C16H14O5.